The number of pyridine rings is 1. The van der Waals surface area contributed by atoms with Crippen molar-refractivity contribution in [3.63, 3.8) is 0 Å². The lowest BCUT2D eigenvalue weighted by Gasteiger charge is -2.30. The molecule has 1 N–H and O–H groups in total. The van der Waals surface area contributed by atoms with Gasteiger partial charge >= 0.3 is 0 Å². The number of aromatic nitrogens is 4. The van der Waals surface area contributed by atoms with Crippen LogP contribution in [-0.4, -0.2) is 37.3 Å². The molecule has 0 unspecified atom stereocenters. The van der Waals surface area contributed by atoms with Crippen LogP contribution in [0.4, 0.5) is 0 Å². The molecule has 164 valence electrons. The maximum atomic E-state index is 13.6. The Morgan fingerprint density at radius 1 is 1.31 bits per heavy atom. The number of furan rings is 1. The Hall–Kier alpha value is -2.91. The van der Waals surface area contributed by atoms with Crippen LogP contribution in [0.3, 0.4) is 0 Å². The summed E-state index contributed by atoms with van der Waals surface area (Å²) in [6.45, 7) is 4.25. The molecule has 4 heterocycles. The summed E-state index contributed by atoms with van der Waals surface area (Å²) in [6.07, 6.45) is 2.15. The van der Waals surface area contributed by atoms with Gasteiger partial charge in [-0.1, -0.05) is 32.7 Å². The Balaban J connectivity index is 1.60. The number of aryl methyl sites for hydroxylation is 3. The number of carbonyl (C=O) groups is 1. The molecule has 5 rings (SSSR count). The van der Waals surface area contributed by atoms with E-state index in [0.717, 1.165) is 26.8 Å². The van der Waals surface area contributed by atoms with Crippen molar-refractivity contribution >= 4 is 44.4 Å². The highest BCUT2D eigenvalue weighted by Gasteiger charge is 2.32. The van der Waals surface area contributed by atoms with Crippen LogP contribution in [0.15, 0.2) is 32.1 Å². The molecule has 1 aromatic carbocycles. The van der Waals surface area contributed by atoms with Crippen LogP contribution in [0.1, 0.15) is 32.9 Å². The maximum Gasteiger partial charge on any atom is 0.256 e. The summed E-state index contributed by atoms with van der Waals surface area (Å²) in [5.74, 6) is -0.230. The first-order valence-electron chi connectivity index (χ1n) is 10.0. The lowest BCUT2D eigenvalue weighted by molar-refractivity contribution is 0.0726. The van der Waals surface area contributed by atoms with E-state index in [0.29, 0.717) is 46.0 Å². The van der Waals surface area contributed by atoms with Gasteiger partial charge < -0.3 is 14.3 Å². The van der Waals surface area contributed by atoms with Crippen LogP contribution in [0.25, 0.3) is 22.2 Å². The minimum Gasteiger partial charge on any atom is -0.464 e. The van der Waals surface area contributed by atoms with Gasteiger partial charge in [-0.3, -0.25) is 9.59 Å². The number of nitrogens with one attached hydrogen (secondary N) is 1. The van der Waals surface area contributed by atoms with Crippen molar-refractivity contribution in [2.75, 3.05) is 6.54 Å². The van der Waals surface area contributed by atoms with E-state index >= 15 is 0 Å². The topological polar surface area (TPSA) is 97.0 Å². The number of hydrogen-bond donors (Lipinski definition) is 1. The van der Waals surface area contributed by atoms with Crippen molar-refractivity contribution in [3.05, 3.63) is 66.3 Å². The average molecular weight is 517 g/mol. The van der Waals surface area contributed by atoms with E-state index in [9.17, 15) is 9.59 Å². The van der Waals surface area contributed by atoms with Crippen molar-refractivity contribution in [2.24, 2.45) is 7.05 Å². The predicted octanol–water partition coefficient (Wildman–Crippen LogP) is 4.15. The third-order valence-electron chi connectivity index (χ3n) is 5.97. The van der Waals surface area contributed by atoms with Crippen LogP contribution in [0.5, 0.6) is 0 Å². The van der Waals surface area contributed by atoms with Crippen LogP contribution < -0.4 is 5.56 Å². The number of nitrogens with zero attached hydrogens (tertiary/aromatic N) is 4. The molecular formula is C22H19BrClN5O3. The molecule has 1 aliphatic heterocycles. The smallest absolute Gasteiger partial charge is 0.256 e. The Bertz CT molecular complexity index is 1450. The van der Waals surface area contributed by atoms with Crippen molar-refractivity contribution < 1.29 is 9.21 Å². The first kappa shape index (κ1) is 21.0. The molecule has 0 saturated heterocycles. The fraction of sp³-hybridized carbons (Fsp3) is 0.273. The quantitative estimate of drug-likeness (QED) is 0.441. The number of halogens is 2. The molecule has 3 aromatic heterocycles. The van der Waals surface area contributed by atoms with Gasteiger partial charge in [0.1, 0.15) is 5.58 Å². The summed E-state index contributed by atoms with van der Waals surface area (Å²) in [4.78, 5) is 30.7. The molecule has 0 bridgehead atoms. The number of aromatic amines is 1. The molecule has 32 heavy (non-hydrogen) atoms. The molecule has 0 saturated carbocycles. The zero-order chi connectivity index (χ0) is 22.7. The number of rotatable bonds is 3. The van der Waals surface area contributed by atoms with Gasteiger partial charge in [0, 0.05) is 34.7 Å². The van der Waals surface area contributed by atoms with Gasteiger partial charge in [-0.25, -0.2) is 4.68 Å². The van der Waals surface area contributed by atoms with Crippen LogP contribution in [0.2, 0.25) is 5.02 Å². The Kier molecular flexibility index (Phi) is 4.98. The van der Waals surface area contributed by atoms with E-state index in [2.05, 4.69) is 31.2 Å². The first-order chi connectivity index (χ1) is 15.3. The number of hydrogen-bond acceptors (Lipinski definition) is 5. The van der Waals surface area contributed by atoms with Crippen LogP contribution >= 0.6 is 27.5 Å². The van der Waals surface area contributed by atoms with E-state index in [4.69, 9.17) is 16.0 Å². The Labute approximate surface area is 196 Å². The van der Waals surface area contributed by atoms with Gasteiger partial charge in [0.15, 0.2) is 0 Å². The monoisotopic (exact) mass is 515 g/mol. The predicted molar refractivity (Wildman–Crippen MR) is 124 cm³/mol. The summed E-state index contributed by atoms with van der Waals surface area (Å²) in [5.41, 5.74) is 4.82. The molecule has 0 aliphatic carbocycles. The van der Waals surface area contributed by atoms with E-state index in [1.54, 1.807) is 22.9 Å². The largest absolute Gasteiger partial charge is 0.464 e. The summed E-state index contributed by atoms with van der Waals surface area (Å²) in [7, 11) is 1.78. The molecule has 1 aliphatic rings. The first-order valence-corrected chi connectivity index (χ1v) is 11.2. The van der Waals surface area contributed by atoms with E-state index in [1.807, 2.05) is 26.0 Å². The number of fused-ring (bicyclic) bond motifs is 2. The molecule has 1 amide bonds. The number of amides is 1. The average Bonchev–Trinajstić information content (AvgIpc) is 3.36. The van der Waals surface area contributed by atoms with Crippen molar-refractivity contribution in [3.8, 4) is 11.3 Å². The van der Waals surface area contributed by atoms with Crippen molar-refractivity contribution in [2.45, 2.75) is 26.8 Å². The third kappa shape index (κ3) is 3.10. The number of benzene rings is 1. The normalized spacial score (nSPS) is 13.8. The second-order valence-corrected chi connectivity index (χ2v) is 9.15. The second-order valence-electron chi connectivity index (χ2n) is 7.92. The molecular weight excluding hydrogens is 498 g/mol. The summed E-state index contributed by atoms with van der Waals surface area (Å²) >= 11 is 10.4. The molecule has 8 nitrogen and oxygen atoms in total. The summed E-state index contributed by atoms with van der Waals surface area (Å²) in [5, 5.41) is 9.34. The summed E-state index contributed by atoms with van der Waals surface area (Å²) < 4.78 is 8.03. The lowest BCUT2D eigenvalue weighted by Crippen LogP contribution is -2.39. The Morgan fingerprint density at radius 3 is 2.81 bits per heavy atom. The molecule has 0 atom stereocenters. The van der Waals surface area contributed by atoms with Gasteiger partial charge in [-0.05, 0) is 38.0 Å². The zero-order valence-corrected chi connectivity index (χ0v) is 20.0. The van der Waals surface area contributed by atoms with Crippen LogP contribution in [-0.2, 0) is 20.0 Å². The van der Waals surface area contributed by atoms with E-state index < -0.39 is 0 Å². The maximum absolute atomic E-state index is 13.6. The zero-order valence-electron chi connectivity index (χ0n) is 17.6. The highest BCUT2D eigenvalue weighted by molar-refractivity contribution is 9.10. The molecule has 0 spiro atoms. The van der Waals surface area contributed by atoms with E-state index in [-0.39, 0.29) is 18.0 Å². The molecule has 10 heteroatoms. The van der Waals surface area contributed by atoms with Gasteiger partial charge in [0.2, 0.25) is 0 Å². The van der Waals surface area contributed by atoms with Gasteiger partial charge in [0.05, 0.1) is 40.3 Å². The molecule has 4 aromatic rings. The van der Waals surface area contributed by atoms with Gasteiger partial charge in [-0.15, -0.1) is 5.10 Å². The lowest BCUT2D eigenvalue weighted by atomic mass is 9.94. The highest BCUT2D eigenvalue weighted by atomic mass is 79.9. The number of carbonyl (C=O) groups excluding carboxylic acids is 1. The minimum atomic E-state index is -0.263. The fourth-order valence-electron chi connectivity index (χ4n) is 4.38. The highest BCUT2D eigenvalue weighted by Crippen LogP contribution is 2.40. The Morgan fingerprint density at radius 2 is 2.09 bits per heavy atom. The fourth-order valence-corrected chi connectivity index (χ4v) is 5.34. The summed E-state index contributed by atoms with van der Waals surface area (Å²) in [6, 6.07) is 3.72. The molecule has 0 fully saturated rings. The van der Waals surface area contributed by atoms with Gasteiger partial charge in [0.25, 0.3) is 11.5 Å². The third-order valence-corrected chi connectivity index (χ3v) is 7.07. The van der Waals surface area contributed by atoms with Crippen molar-refractivity contribution in [1.82, 2.24) is 24.9 Å². The van der Waals surface area contributed by atoms with Crippen LogP contribution in [0, 0.1) is 13.8 Å². The SMILES string of the molecule is Cc1nnn(C)c1-c1cc(Br)c2c(c1Cl)C(=O)N(Cc1c(=O)[nH]c(C)c3ccoc13)CC2. The van der Waals surface area contributed by atoms with E-state index in [1.165, 1.54) is 0 Å². The van der Waals surface area contributed by atoms with Gasteiger partial charge in [-0.2, -0.15) is 0 Å². The second kappa shape index (κ2) is 7.60. The molecule has 0 radical (unpaired) electrons. The number of H-pyrrole nitrogens is 1. The standard InChI is InChI=1S/C22H19BrClN5O3/c1-10-12-5-7-32-20(12)15(21(30)25-10)9-29-6-4-13-16(23)8-14(18(24)17(13)22(29)31)19-11(2)26-27-28(19)3/h5,7-8H,4,6,9H2,1-3H3,(H,25,30). The minimum absolute atomic E-state index is 0.127. The van der Waals surface area contributed by atoms with Crippen molar-refractivity contribution in [1.29, 1.82) is 0 Å².